The Hall–Kier alpha value is -1.56. The molecule has 0 saturated carbocycles. The van der Waals surface area contributed by atoms with Crippen molar-refractivity contribution in [3.8, 4) is 0 Å². The number of likely N-dealkylation sites (tertiary alicyclic amines) is 1. The van der Waals surface area contributed by atoms with Gasteiger partial charge in [-0.1, -0.05) is 26.7 Å². The molecular weight excluding hydrogens is 312 g/mol. The summed E-state index contributed by atoms with van der Waals surface area (Å²) in [5.41, 5.74) is 1.34. The Morgan fingerprint density at radius 1 is 1.40 bits per heavy atom. The third-order valence-corrected chi connectivity index (χ3v) is 5.62. The molecule has 0 aliphatic carbocycles. The molecule has 1 aliphatic rings. The van der Waals surface area contributed by atoms with Crippen LogP contribution in [0, 0.1) is 5.92 Å². The van der Waals surface area contributed by atoms with Crippen LogP contribution in [-0.4, -0.2) is 72.4 Å². The largest absolute Gasteiger partial charge is 0.355 e. The van der Waals surface area contributed by atoms with E-state index >= 15 is 0 Å². The number of aliphatic imine (C=N–C) groups is 1. The lowest BCUT2D eigenvalue weighted by Gasteiger charge is -2.33. The van der Waals surface area contributed by atoms with Crippen LogP contribution in [0.3, 0.4) is 0 Å². The van der Waals surface area contributed by atoms with Gasteiger partial charge in [0, 0.05) is 51.9 Å². The topological polar surface area (TPSA) is 48.7 Å². The second-order valence-electron chi connectivity index (χ2n) is 7.41. The highest BCUT2D eigenvalue weighted by Gasteiger charge is 2.28. The van der Waals surface area contributed by atoms with Gasteiger partial charge < -0.3 is 15.1 Å². The number of nitrogens with one attached hydrogen (secondary N) is 1. The second kappa shape index (κ2) is 9.22. The van der Waals surface area contributed by atoms with E-state index in [4.69, 9.17) is 0 Å². The van der Waals surface area contributed by atoms with Crippen LogP contribution >= 0.6 is 0 Å². The zero-order chi connectivity index (χ0) is 18.4. The Kier molecular flexibility index (Phi) is 7.29. The van der Waals surface area contributed by atoms with Gasteiger partial charge in [0.1, 0.15) is 0 Å². The van der Waals surface area contributed by atoms with Crippen molar-refractivity contribution in [2.45, 2.75) is 45.1 Å². The highest BCUT2D eigenvalue weighted by atomic mass is 15.3. The van der Waals surface area contributed by atoms with Gasteiger partial charge in [-0.15, -0.1) is 0 Å². The fourth-order valence-corrected chi connectivity index (χ4v) is 4.01. The van der Waals surface area contributed by atoms with Gasteiger partial charge >= 0.3 is 0 Å². The summed E-state index contributed by atoms with van der Waals surface area (Å²) in [6.45, 7) is 7.59. The zero-order valence-corrected chi connectivity index (χ0v) is 16.9. The lowest BCUT2D eigenvalue weighted by atomic mass is 9.93. The van der Waals surface area contributed by atoms with Gasteiger partial charge in [-0.05, 0) is 32.0 Å². The molecule has 1 saturated heterocycles. The fraction of sp³-hybridized carbons (Fsp3) is 0.789. The number of guanidine groups is 1. The number of nitrogens with zero attached hydrogens (tertiary/aromatic N) is 5. The Balaban J connectivity index is 1.94. The summed E-state index contributed by atoms with van der Waals surface area (Å²) in [5.74, 6) is 2.29. The summed E-state index contributed by atoms with van der Waals surface area (Å²) < 4.78 is 1.89. The predicted octanol–water partition coefficient (Wildman–Crippen LogP) is 2.15. The molecule has 6 heteroatoms. The van der Waals surface area contributed by atoms with E-state index < -0.39 is 0 Å². The van der Waals surface area contributed by atoms with Crippen LogP contribution in [0.5, 0.6) is 0 Å². The summed E-state index contributed by atoms with van der Waals surface area (Å²) >= 11 is 0. The Labute approximate surface area is 153 Å². The molecular formula is C19H36N6. The first kappa shape index (κ1) is 19.8. The predicted molar refractivity (Wildman–Crippen MR) is 105 cm³/mol. The molecule has 1 aromatic heterocycles. The van der Waals surface area contributed by atoms with E-state index in [2.05, 4.69) is 59.3 Å². The minimum atomic E-state index is 0.531. The first-order valence-electron chi connectivity index (χ1n) is 9.60. The maximum atomic E-state index is 4.54. The molecule has 1 N–H and O–H groups in total. The van der Waals surface area contributed by atoms with Crippen LogP contribution in [0.15, 0.2) is 17.4 Å². The number of aromatic nitrogens is 2. The molecule has 0 aromatic carbocycles. The first-order chi connectivity index (χ1) is 12.0. The van der Waals surface area contributed by atoms with Gasteiger partial charge in [0.15, 0.2) is 5.96 Å². The summed E-state index contributed by atoms with van der Waals surface area (Å²) in [6, 6.07) is 0.531. The van der Waals surface area contributed by atoms with Crippen molar-refractivity contribution in [3.63, 3.8) is 0 Å². The zero-order valence-electron chi connectivity index (χ0n) is 16.9. The monoisotopic (exact) mass is 348 g/mol. The van der Waals surface area contributed by atoms with Gasteiger partial charge in [0.2, 0.25) is 0 Å². The van der Waals surface area contributed by atoms with Crippen LogP contribution in [0.1, 0.15) is 44.6 Å². The molecule has 1 aromatic rings. The third kappa shape index (κ3) is 4.97. The normalized spacial score (nSPS) is 19.9. The number of rotatable bonds is 7. The van der Waals surface area contributed by atoms with Crippen LogP contribution in [0.4, 0.5) is 0 Å². The number of aryl methyl sites for hydroxylation is 1. The van der Waals surface area contributed by atoms with Crippen molar-refractivity contribution >= 4 is 5.96 Å². The van der Waals surface area contributed by atoms with Gasteiger partial charge in [0.25, 0.3) is 0 Å². The highest BCUT2D eigenvalue weighted by molar-refractivity contribution is 5.80. The molecule has 6 nitrogen and oxygen atoms in total. The maximum Gasteiger partial charge on any atom is 0.193 e. The van der Waals surface area contributed by atoms with E-state index in [0.717, 1.165) is 32.0 Å². The van der Waals surface area contributed by atoms with Crippen LogP contribution in [0.25, 0.3) is 0 Å². The van der Waals surface area contributed by atoms with Gasteiger partial charge in [-0.2, -0.15) is 5.10 Å². The van der Waals surface area contributed by atoms with Crippen LogP contribution in [0.2, 0.25) is 0 Å². The van der Waals surface area contributed by atoms with Crippen molar-refractivity contribution in [1.82, 2.24) is 24.9 Å². The molecule has 1 aliphatic heterocycles. The molecule has 2 rings (SSSR count). The average molecular weight is 349 g/mol. The van der Waals surface area contributed by atoms with Crippen molar-refractivity contribution in [3.05, 3.63) is 18.0 Å². The van der Waals surface area contributed by atoms with Crippen LogP contribution in [-0.2, 0) is 7.05 Å². The SMILES string of the molecule is CCC(CC)C(CNC(=NC)N1CCC(c2cnn(C)c2)C1)N(C)C. The minimum absolute atomic E-state index is 0.531. The van der Waals surface area contributed by atoms with Gasteiger partial charge in [0.05, 0.1) is 6.20 Å². The summed E-state index contributed by atoms with van der Waals surface area (Å²) in [7, 11) is 8.24. The van der Waals surface area contributed by atoms with E-state index in [-0.39, 0.29) is 0 Å². The highest BCUT2D eigenvalue weighted by Crippen LogP contribution is 2.26. The average Bonchev–Trinajstić information content (AvgIpc) is 3.23. The molecule has 25 heavy (non-hydrogen) atoms. The second-order valence-corrected chi connectivity index (χ2v) is 7.41. The van der Waals surface area contributed by atoms with E-state index in [0.29, 0.717) is 17.9 Å². The quantitative estimate of drug-likeness (QED) is 0.606. The fourth-order valence-electron chi connectivity index (χ4n) is 4.01. The van der Waals surface area contributed by atoms with E-state index in [1.54, 1.807) is 0 Å². The lowest BCUT2D eigenvalue weighted by molar-refractivity contribution is 0.199. The van der Waals surface area contributed by atoms with E-state index in [1.165, 1.54) is 18.4 Å². The van der Waals surface area contributed by atoms with Crippen molar-refractivity contribution in [1.29, 1.82) is 0 Å². The molecule has 142 valence electrons. The molecule has 0 bridgehead atoms. The number of likely N-dealkylation sites (N-methyl/N-ethyl adjacent to an activating group) is 1. The van der Waals surface area contributed by atoms with Crippen LogP contribution < -0.4 is 5.32 Å². The first-order valence-corrected chi connectivity index (χ1v) is 9.60. The standard InChI is InChI=1S/C19H36N6/c1-7-15(8-2)18(23(4)5)12-21-19(20-3)25-10-9-16(14-25)17-11-22-24(6)13-17/h11,13,15-16,18H,7-10,12,14H2,1-6H3,(H,20,21). The van der Waals surface area contributed by atoms with Crippen molar-refractivity contribution < 1.29 is 0 Å². The molecule has 1 fully saturated rings. The van der Waals surface area contributed by atoms with Gasteiger partial charge in [-0.3, -0.25) is 9.67 Å². The number of hydrogen-bond donors (Lipinski definition) is 1. The summed E-state index contributed by atoms with van der Waals surface area (Å²) in [5, 5.41) is 7.95. The Morgan fingerprint density at radius 3 is 2.64 bits per heavy atom. The minimum Gasteiger partial charge on any atom is -0.355 e. The van der Waals surface area contributed by atoms with E-state index in [1.807, 2.05) is 25.0 Å². The van der Waals surface area contributed by atoms with Gasteiger partial charge in [-0.25, -0.2) is 0 Å². The lowest BCUT2D eigenvalue weighted by Crippen LogP contribution is -2.48. The smallest absolute Gasteiger partial charge is 0.193 e. The molecule has 0 amide bonds. The molecule has 0 radical (unpaired) electrons. The summed E-state index contributed by atoms with van der Waals surface area (Å²) in [4.78, 5) is 9.27. The Morgan fingerprint density at radius 2 is 2.12 bits per heavy atom. The Bertz CT molecular complexity index is 546. The van der Waals surface area contributed by atoms with E-state index in [9.17, 15) is 0 Å². The molecule has 2 heterocycles. The molecule has 0 spiro atoms. The number of hydrogen-bond acceptors (Lipinski definition) is 3. The molecule has 2 atom stereocenters. The maximum absolute atomic E-state index is 4.54. The summed E-state index contributed by atoms with van der Waals surface area (Å²) in [6.07, 6.45) is 7.73. The van der Waals surface area contributed by atoms with Crippen molar-refractivity contribution in [2.24, 2.45) is 18.0 Å². The third-order valence-electron chi connectivity index (χ3n) is 5.62. The van der Waals surface area contributed by atoms with Crippen molar-refractivity contribution in [2.75, 3.05) is 40.8 Å². The molecule has 2 unspecified atom stereocenters.